The van der Waals surface area contributed by atoms with Crippen LogP contribution in [0.2, 0.25) is 0 Å². The number of hydrogen-bond donors (Lipinski definition) is 1. The normalized spacial score (nSPS) is 10.2. The van der Waals surface area contributed by atoms with Crippen LogP contribution in [0.5, 0.6) is 5.75 Å². The fraction of sp³-hybridized carbons (Fsp3) is 0.400. The second-order valence-corrected chi connectivity index (χ2v) is 3.70. The van der Waals surface area contributed by atoms with Gasteiger partial charge in [-0.1, -0.05) is 15.9 Å². The average Bonchev–Trinajstić information content (AvgIpc) is 2.19. The Morgan fingerprint density at radius 1 is 1.43 bits per heavy atom. The fourth-order valence-corrected chi connectivity index (χ4v) is 1.56. The monoisotopic (exact) mass is 259 g/mol. The smallest absolute Gasteiger partial charge is 0.188 e. The van der Waals surface area contributed by atoms with Gasteiger partial charge in [-0.25, -0.2) is 0 Å². The van der Waals surface area contributed by atoms with Crippen molar-refractivity contribution in [3.8, 4) is 5.75 Å². The first-order valence-corrected chi connectivity index (χ1v) is 5.17. The minimum Gasteiger partial charge on any atom is -0.468 e. The zero-order valence-electron chi connectivity index (χ0n) is 8.13. The highest BCUT2D eigenvalue weighted by molar-refractivity contribution is 9.10. The first kappa shape index (κ1) is 11.5. The molecule has 0 aliphatic carbocycles. The molecule has 0 aromatic heterocycles. The van der Waals surface area contributed by atoms with E-state index in [4.69, 9.17) is 15.2 Å². The van der Waals surface area contributed by atoms with Crippen molar-refractivity contribution in [3.63, 3.8) is 0 Å². The molecule has 0 unspecified atom stereocenters. The zero-order chi connectivity index (χ0) is 10.4. The molecular formula is C10H14BrNO2. The minimum atomic E-state index is 0.268. The lowest BCUT2D eigenvalue weighted by Crippen LogP contribution is -2.04. The van der Waals surface area contributed by atoms with E-state index in [2.05, 4.69) is 15.9 Å². The molecule has 2 N–H and O–H groups in total. The molecule has 0 fully saturated rings. The number of nitrogens with two attached hydrogens (primary N) is 1. The molecule has 0 amide bonds. The van der Waals surface area contributed by atoms with Crippen LogP contribution in [0.25, 0.3) is 0 Å². The van der Waals surface area contributed by atoms with Crippen LogP contribution in [0, 0.1) is 0 Å². The Morgan fingerprint density at radius 3 is 2.86 bits per heavy atom. The van der Waals surface area contributed by atoms with E-state index in [0.29, 0.717) is 6.54 Å². The van der Waals surface area contributed by atoms with Crippen molar-refractivity contribution in [1.29, 1.82) is 0 Å². The predicted octanol–water partition coefficient (Wildman–Crippen LogP) is 1.93. The van der Waals surface area contributed by atoms with E-state index in [-0.39, 0.29) is 6.79 Å². The van der Waals surface area contributed by atoms with E-state index in [9.17, 15) is 0 Å². The molecule has 0 saturated carbocycles. The van der Waals surface area contributed by atoms with Crippen LogP contribution in [0.1, 0.15) is 5.56 Å². The molecule has 1 aromatic carbocycles. The average molecular weight is 260 g/mol. The lowest BCUT2D eigenvalue weighted by atomic mass is 10.1. The summed E-state index contributed by atoms with van der Waals surface area (Å²) in [5, 5.41) is 0. The lowest BCUT2D eigenvalue weighted by molar-refractivity contribution is 0.0511. The van der Waals surface area contributed by atoms with E-state index >= 15 is 0 Å². The Labute approximate surface area is 92.3 Å². The van der Waals surface area contributed by atoms with Crippen LogP contribution in [-0.2, 0) is 11.2 Å². The summed E-state index contributed by atoms with van der Waals surface area (Å²) < 4.78 is 11.2. The molecule has 0 bridgehead atoms. The summed E-state index contributed by atoms with van der Waals surface area (Å²) in [4.78, 5) is 0. The van der Waals surface area contributed by atoms with Crippen LogP contribution in [-0.4, -0.2) is 20.4 Å². The maximum atomic E-state index is 5.49. The quantitative estimate of drug-likeness (QED) is 0.823. The maximum Gasteiger partial charge on any atom is 0.188 e. The second-order valence-electron chi connectivity index (χ2n) is 2.84. The molecule has 4 heteroatoms. The summed E-state index contributed by atoms with van der Waals surface area (Å²) in [5.74, 6) is 0.804. The van der Waals surface area contributed by atoms with Gasteiger partial charge in [-0.3, -0.25) is 0 Å². The third-order valence-electron chi connectivity index (χ3n) is 1.77. The minimum absolute atomic E-state index is 0.268. The molecule has 14 heavy (non-hydrogen) atoms. The molecule has 0 aliphatic heterocycles. The summed E-state index contributed by atoms with van der Waals surface area (Å²) in [6, 6.07) is 5.81. The van der Waals surface area contributed by atoms with Gasteiger partial charge in [0.05, 0.1) is 0 Å². The van der Waals surface area contributed by atoms with Crippen LogP contribution < -0.4 is 10.5 Å². The van der Waals surface area contributed by atoms with E-state index in [1.54, 1.807) is 7.11 Å². The van der Waals surface area contributed by atoms with E-state index in [0.717, 1.165) is 22.2 Å². The van der Waals surface area contributed by atoms with Gasteiger partial charge in [0, 0.05) is 11.6 Å². The molecule has 0 aliphatic rings. The highest BCUT2D eigenvalue weighted by atomic mass is 79.9. The van der Waals surface area contributed by atoms with E-state index in [1.165, 1.54) is 0 Å². The van der Waals surface area contributed by atoms with Gasteiger partial charge in [0.1, 0.15) is 5.75 Å². The third kappa shape index (κ3) is 3.29. The SMILES string of the molecule is COCOc1ccc(Br)c(CCN)c1. The first-order valence-electron chi connectivity index (χ1n) is 4.38. The highest BCUT2D eigenvalue weighted by Crippen LogP contribution is 2.22. The number of benzene rings is 1. The molecule has 0 spiro atoms. The largest absolute Gasteiger partial charge is 0.468 e. The topological polar surface area (TPSA) is 44.5 Å². The van der Waals surface area contributed by atoms with Gasteiger partial charge in [-0.2, -0.15) is 0 Å². The molecule has 1 aromatic rings. The Kier molecular flexibility index (Phi) is 4.93. The molecule has 3 nitrogen and oxygen atoms in total. The van der Waals surface area contributed by atoms with Crippen molar-refractivity contribution in [1.82, 2.24) is 0 Å². The summed E-state index contributed by atoms with van der Waals surface area (Å²) in [5.41, 5.74) is 6.65. The summed E-state index contributed by atoms with van der Waals surface area (Å²) >= 11 is 3.46. The van der Waals surface area contributed by atoms with Gasteiger partial charge in [-0.15, -0.1) is 0 Å². The van der Waals surface area contributed by atoms with Gasteiger partial charge >= 0.3 is 0 Å². The Hall–Kier alpha value is -0.580. The molecule has 0 radical (unpaired) electrons. The summed E-state index contributed by atoms with van der Waals surface area (Å²) in [6.07, 6.45) is 0.838. The number of methoxy groups -OCH3 is 1. The van der Waals surface area contributed by atoms with Gasteiger partial charge in [0.2, 0.25) is 0 Å². The van der Waals surface area contributed by atoms with Gasteiger partial charge in [0.25, 0.3) is 0 Å². The maximum absolute atomic E-state index is 5.49. The van der Waals surface area contributed by atoms with Crippen molar-refractivity contribution in [3.05, 3.63) is 28.2 Å². The van der Waals surface area contributed by atoms with Crippen molar-refractivity contribution >= 4 is 15.9 Å². The number of hydrogen-bond acceptors (Lipinski definition) is 3. The third-order valence-corrected chi connectivity index (χ3v) is 2.55. The second kappa shape index (κ2) is 6.01. The first-order chi connectivity index (χ1) is 6.77. The van der Waals surface area contributed by atoms with Crippen molar-refractivity contribution < 1.29 is 9.47 Å². The van der Waals surface area contributed by atoms with E-state index in [1.807, 2.05) is 18.2 Å². The number of ether oxygens (including phenoxy) is 2. The Morgan fingerprint density at radius 2 is 2.21 bits per heavy atom. The molecule has 0 saturated heterocycles. The van der Waals surface area contributed by atoms with Crippen LogP contribution in [0.3, 0.4) is 0 Å². The van der Waals surface area contributed by atoms with Gasteiger partial charge in [-0.05, 0) is 36.7 Å². The van der Waals surface area contributed by atoms with Gasteiger partial charge in [0.15, 0.2) is 6.79 Å². The van der Waals surface area contributed by atoms with Crippen LogP contribution in [0.4, 0.5) is 0 Å². The molecule has 78 valence electrons. The van der Waals surface area contributed by atoms with Crippen LogP contribution >= 0.6 is 15.9 Å². The molecule has 0 atom stereocenters. The van der Waals surface area contributed by atoms with Gasteiger partial charge < -0.3 is 15.2 Å². The van der Waals surface area contributed by atoms with E-state index < -0.39 is 0 Å². The van der Waals surface area contributed by atoms with Crippen molar-refractivity contribution in [2.45, 2.75) is 6.42 Å². The van der Waals surface area contributed by atoms with Crippen LogP contribution in [0.15, 0.2) is 22.7 Å². The summed E-state index contributed by atoms with van der Waals surface area (Å²) in [7, 11) is 1.60. The van der Waals surface area contributed by atoms with Crippen molar-refractivity contribution in [2.75, 3.05) is 20.4 Å². The highest BCUT2D eigenvalue weighted by Gasteiger charge is 2.01. The number of halogens is 1. The standard InChI is InChI=1S/C10H14BrNO2/c1-13-7-14-9-2-3-10(11)8(6-9)4-5-12/h2-3,6H,4-5,7,12H2,1H3. The molecular weight excluding hydrogens is 246 g/mol. The zero-order valence-corrected chi connectivity index (χ0v) is 9.71. The molecule has 0 heterocycles. The fourth-order valence-electron chi connectivity index (χ4n) is 1.11. The number of rotatable bonds is 5. The Bertz CT molecular complexity index is 291. The molecule has 1 rings (SSSR count). The lowest BCUT2D eigenvalue weighted by Gasteiger charge is -2.08. The Balaban J connectivity index is 2.72. The summed E-state index contributed by atoms with van der Waals surface area (Å²) in [6.45, 7) is 0.899. The van der Waals surface area contributed by atoms with Crippen molar-refractivity contribution in [2.24, 2.45) is 5.73 Å². The predicted molar refractivity (Wildman–Crippen MR) is 59.4 cm³/mol.